The Kier molecular flexibility index (Phi) is 6.05. The SMILES string of the molecule is N/N=C(\NN)C1(NC(=O)N2CCC(c3cn(-c4ccc(Cl)cc4)c4cnccc34)CC2)CCC1. The Balaban J connectivity index is 1.32. The van der Waals surface area contributed by atoms with Crippen LogP contribution in [0, 0.1) is 0 Å². The standard InChI is InChI=1S/C24H29ClN8O/c25-17-2-4-18(5-3-17)33-15-20(19-6-11-28-14-21(19)33)16-7-12-32(13-8-16)23(34)29-24(9-1-10-24)22(30-26)31-27/h2-6,11,14-16H,1,7-10,12-13,26-27H2,(H,29,34)(H,30,31). The molecular weight excluding hydrogens is 452 g/mol. The van der Waals surface area contributed by atoms with Crippen LogP contribution in [-0.4, -0.2) is 44.9 Å². The van der Waals surface area contributed by atoms with E-state index >= 15 is 0 Å². The summed E-state index contributed by atoms with van der Waals surface area (Å²) in [6, 6.07) is 9.79. The van der Waals surface area contributed by atoms with E-state index in [4.69, 9.17) is 23.3 Å². The number of hydrazine groups is 1. The highest BCUT2D eigenvalue weighted by molar-refractivity contribution is 6.30. The van der Waals surface area contributed by atoms with E-state index < -0.39 is 5.54 Å². The Hall–Kier alpha value is -3.30. The maximum atomic E-state index is 13.0. The Labute approximate surface area is 203 Å². The Morgan fingerprint density at radius 1 is 1.18 bits per heavy atom. The molecule has 0 atom stereocenters. The van der Waals surface area contributed by atoms with Crippen molar-refractivity contribution in [2.24, 2.45) is 16.8 Å². The van der Waals surface area contributed by atoms with Gasteiger partial charge in [-0.15, -0.1) is 0 Å². The molecule has 2 aliphatic rings. The molecule has 2 aromatic heterocycles. The smallest absolute Gasteiger partial charge is 0.318 e. The number of carbonyl (C=O) groups is 1. The predicted octanol–water partition coefficient (Wildman–Crippen LogP) is 3.23. The van der Waals surface area contributed by atoms with E-state index in [1.807, 2.05) is 41.6 Å². The zero-order valence-electron chi connectivity index (χ0n) is 18.9. The minimum Gasteiger partial charge on any atom is -0.325 e. The summed E-state index contributed by atoms with van der Waals surface area (Å²) in [6.07, 6.45) is 10.2. The van der Waals surface area contributed by atoms with Gasteiger partial charge in [0.25, 0.3) is 0 Å². The summed E-state index contributed by atoms with van der Waals surface area (Å²) < 4.78 is 2.17. The molecule has 2 fully saturated rings. The summed E-state index contributed by atoms with van der Waals surface area (Å²) in [6.45, 7) is 1.35. The van der Waals surface area contributed by atoms with Gasteiger partial charge < -0.3 is 26.1 Å². The minimum absolute atomic E-state index is 0.0951. The largest absolute Gasteiger partial charge is 0.325 e. The number of fused-ring (bicyclic) bond motifs is 1. The lowest BCUT2D eigenvalue weighted by Gasteiger charge is -2.44. The molecule has 0 radical (unpaired) electrons. The number of piperidine rings is 1. The third-order valence-corrected chi connectivity index (χ3v) is 7.49. The number of carbonyl (C=O) groups excluding carboxylic acids is 1. The van der Waals surface area contributed by atoms with Crippen LogP contribution in [0.2, 0.25) is 5.02 Å². The van der Waals surface area contributed by atoms with Gasteiger partial charge in [-0.25, -0.2) is 10.6 Å². The molecule has 5 rings (SSSR count). The number of halogens is 1. The summed E-state index contributed by atoms with van der Waals surface area (Å²) >= 11 is 6.09. The van der Waals surface area contributed by atoms with Gasteiger partial charge in [0.05, 0.1) is 11.7 Å². The van der Waals surface area contributed by atoms with Crippen LogP contribution in [0.15, 0.2) is 54.0 Å². The summed E-state index contributed by atoms with van der Waals surface area (Å²) in [5.41, 5.74) is 5.35. The van der Waals surface area contributed by atoms with Gasteiger partial charge in [-0.1, -0.05) is 11.6 Å². The highest BCUT2D eigenvalue weighted by atomic mass is 35.5. The van der Waals surface area contributed by atoms with Crippen LogP contribution in [0.25, 0.3) is 16.6 Å². The first kappa shape index (κ1) is 22.5. The highest BCUT2D eigenvalue weighted by Crippen LogP contribution is 2.36. The van der Waals surface area contributed by atoms with Crippen molar-refractivity contribution in [2.75, 3.05) is 13.1 Å². The van der Waals surface area contributed by atoms with E-state index in [1.165, 1.54) is 10.9 Å². The normalized spacial score (nSPS) is 18.5. The quantitative estimate of drug-likeness (QED) is 0.197. The van der Waals surface area contributed by atoms with Gasteiger partial charge in [0, 0.05) is 41.6 Å². The second-order valence-corrected chi connectivity index (χ2v) is 9.51. The van der Waals surface area contributed by atoms with Crippen LogP contribution >= 0.6 is 11.6 Å². The fraction of sp³-hybridized carbons (Fsp3) is 0.375. The summed E-state index contributed by atoms with van der Waals surface area (Å²) in [4.78, 5) is 19.3. The third-order valence-electron chi connectivity index (χ3n) is 7.24. The van der Waals surface area contributed by atoms with Crippen molar-refractivity contribution in [1.29, 1.82) is 0 Å². The molecule has 1 saturated heterocycles. The average Bonchev–Trinajstić information content (AvgIpc) is 3.23. The number of hydrogen-bond donors (Lipinski definition) is 4. The van der Waals surface area contributed by atoms with Crippen LogP contribution in [0.3, 0.4) is 0 Å². The molecule has 10 heteroatoms. The van der Waals surface area contributed by atoms with Crippen LogP contribution in [-0.2, 0) is 0 Å². The molecule has 1 aliphatic heterocycles. The van der Waals surface area contributed by atoms with E-state index in [2.05, 4.69) is 37.7 Å². The minimum atomic E-state index is -0.587. The predicted molar refractivity (Wildman–Crippen MR) is 134 cm³/mol. The molecule has 3 heterocycles. The van der Waals surface area contributed by atoms with Crippen LogP contribution in [0.4, 0.5) is 4.79 Å². The number of nitrogens with one attached hydrogen (secondary N) is 2. The van der Waals surface area contributed by atoms with Crippen molar-refractivity contribution in [3.63, 3.8) is 0 Å². The van der Waals surface area contributed by atoms with Crippen molar-refractivity contribution in [2.45, 2.75) is 43.6 Å². The first-order valence-electron chi connectivity index (χ1n) is 11.6. The number of amides is 2. The third kappa shape index (κ3) is 3.95. The number of pyridine rings is 1. The average molecular weight is 481 g/mol. The summed E-state index contributed by atoms with van der Waals surface area (Å²) in [7, 11) is 0. The monoisotopic (exact) mass is 480 g/mol. The lowest BCUT2D eigenvalue weighted by atomic mass is 9.75. The summed E-state index contributed by atoms with van der Waals surface area (Å²) in [5.74, 6) is 11.8. The number of hydrazone groups is 1. The molecule has 178 valence electrons. The van der Waals surface area contributed by atoms with E-state index in [9.17, 15) is 4.79 Å². The number of hydrogen-bond acceptors (Lipinski definition) is 5. The van der Waals surface area contributed by atoms with Gasteiger partial charge in [0.2, 0.25) is 0 Å². The summed E-state index contributed by atoms with van der Waals surface area (Å²) in [5, 5.41) is 8.77. The van der Waals surface area contributed by atoms with Crippen LogP contribution in [0.5, 0.6) is 0 Å². The van der Waals surface area contributed by atoms with Crippen LogP contribution < -0.4 is 22.4 Å². The molecule has 1 aromatic carbocycles. The maximum absolute atomic E-state index is 13.0. The highest BCUT2D eigenvalue weighted by Gasteiger charge is 2.44. The fourth-order valence-electron chi connectivity index (χ4n) is 5.17. The molecule has 1 aliphatic carbocycles. The number of nitrogens with zero attached hydrogens (tertiary/aromatic N) is 4. The molecule has 0 spiro atoms. The first-order chi connectivity index (χ1) is 16.5. The first-order valence-corrected chi connectivity index (χ1v) is 12.0. The zero-order valence-corrected chi connectivity index (χ0v) is 19.6. The van der Waals surface area contributed by atoms with Gasteiger partial charge in [0.15, 0.2) is 5.84 Å². The molecule has 6 N–H and O–H groups in total. The second kappa shape index (κ2) is 9.15. The molecule has 2 amide bonds. The van der Waals surface area contributed by atoms with Crippen molar-refractivity contribution in [3.8, 4) is 5.69 Å². The molecule has 34 heavy (non-hydrogen) atoms. The van der Waals surface area contributed by atoms with E-state index in [1.54, 1.807) is 0 Å². The number of likely N-dealkylation sites (tertiary alicyclic amines) is 1. The van der Waals surface area contributed by atoms with Crippen molar-refractivity contribution in [1.82, 2.24) is 25.2 Å². The number of rotatable bonds is 4. The molecular formula is C24H29ClN8O. The molecule has 1 saturated carbocycles. The number of aromatic nitrogens is 2. The molecule has 0 unspecified atom stereocenters. The van der Waals surface area contributed by atoms with E-state index in [0.717, 1.165) is 43.3 Å². The zero-order chi connectivity index (χ0) is 23.7. The number of benzene rings is 1. The van der Waals surface area contributed by atoms with Crippen LogP contribution in [0.1, 0.15) is 43.6 Å². The van der Waals surface area contributed by atoms with Gasteiger partial charge >= 0.3 is 6.03 Å². The van der Waals surface area contributed by atoms with Crippen molar-refractivity contribution >= 4 is 34.4 Å². The number of urea groups is 1. The molecule has 3 aromatic rings. The van der Waals surface area contributed by atoms with Crippen molar-refractivity contribution in [3.05, 3.63) is 59.5 Å². The second-order valence-electron chi connectivity index (χ2n) is 9.07. The van der Waals surface area contributed by atoms with E-state index in [-0.39, 0.29) is 6.03 Å². The number of amidine groups is 1. The van der Waals surface area contributed by atoms with E-state index in [0.29, 0.717) is 29.9 Å². The Morgan fingerprint density at radius 2 is 1.91 bits per heavy atom. The molecule has 0 bridgehead atoms. The van der Waals surface area contributed by atoms with Gasteiger partial charge in [-0.05, 0) is 73.9 Å². The van der Waals surface area contributed by atoms with Gasteiger partial charge in [0.1, 0.15) is 5.54 Å². The Morgan fingerprint density at radius 3 is 2.53 bits per heavy atom. The topological polar surface area (TPSA) is 127 Å². The molecule has 9 nitrogen and oxygen atoms in total. The lowest BCUT2D eigenvalue weighted by molar-refractivity contribution is 0.162. The lowest BCUT2D eigenvalue weighted by Crippen LogP contribution is -2.66. The number of nitrogens with two attached hydrogens (primary N) is 2. The van der Waals surface area contributed by atoms with Gasteiger partial charge in [-0.2, -0.15) is 5.10 Å². The van der Waals surface area contributed by atoms with Crippen molar-refractivity contribution < 1.29 is 4.79 Å². The Bertz CT molecular complexity index is 1210. The van der Waals surface area contributed by atoms with Gasteiger partial charge in [-0.3, -0.25) is 4.98 Å². The fourth-order valence-corrected chi connectivity index (χ4v) is 5.29. The maximum Gasteiger partial charge on any atom is 0.318 e.